The van der Waals surface area contributed by atoms with Gasteiger partial charge in [0.15, 0.2) is 0 Å². The van der Waals surface area contributed by atoms with E-state index in [4.69, 9.17) is 11.5 Å². The van der Waals surface area contributed by atoms with Crippen LogP contribution >= 0.6 is 0 Å². The van der Waals surface area contributed by atoms with Crippen LogP contribution < -0.4 is 16.8 Å². The molecule has 0 aliphatic carbocycles. The van der Waals surface area contributed by atoms with Crippen molar-refractivity contribution >= 4 is 5.82 Å². The Labute approximate surface area is 72.0 Å². The number of nitrogens with one attached hydrogen (secondary N) is 1. The van der Waals surface area contributed by atoms with Crippen LogP contribution in [0.5, 0.6) is 0 Å². The number of hydrogen-bond acceptors (Lipinski definition) is 4. The molecule has 1 aromatic rings. The zero-order valence-corrected chi connectivity index (χ0v) is 6.96. The van der Waals surface area contributed by atoms with Crippen molar-refractivity contribution < 1.29 is 0 Å². The summed E-state index contributed by atoms with van der Waals surface area (Å²) < 4.78 is 0. The fourth-order valence-corrected chi connectivity index (χ4v) is 0.875. The van der Waals surface area contributed by atoms with Gasteiger partial charge in [0.2, 0.25) is 0 Å². The third-order valence-corrected chi connectivity index (χ3v) is 1.50. The van der Waals surface area contributed by atoms with E-state index >= 15 is 0 Å². The van der Waals surface area contributed by atoms with Gasteiger partial charge in [0.1, 0.15) is 5.82 Å². The number of nitrogens with two attached hydrogens (primary N) is 2. The van der Waals surface area contributed by atoms with E-state index in [1.807, 2.05) is 6.07 Å². The number of aromatic nitrogens is 1. The highest BCUT2D eigenvalue weighted by Gasteiger charge is 1.91. The second kappa shape index (κ2) is 4.69. The molecule has 0 spiro atoms. The molecule has 1 heterocycles. The van der Waals surface area contributed by atoms with E-state index in [-0.39, 0.29) is 0 Å². The Balaban J connectivity index is 2.37. The van der Waals surface area contributed by atoms with E-state index in [0.29, 0.717) is 12.4 Å². The van der Waals surface area contributed by atoms with Crippen molar-refractivity contribution in [2.24, 2.45) is 5.73 Å². The zero-order chi connectivity index (χ0) is 8.81. The first-order chi connectivity index (χ1) is 5.83. The lowest BCUT2D eigenvalue weighted by molar-refractivity contribution is 0.693. The minimum Gasteiger partial charge on any atom is -0.384 e. The summed E-state index contributed by atoms with van der Waals surface area (Å²) in [5.41, 5.74) is 11.9. The van der Waals surface area contributed by atoms with E-state index < -0.39 is 0 Å². The Bertz CT molecular complexity index is 219. The van der Waals surface area contributed by atoms with E-state index in [9.17, 15) is 0 Å². The summed E-state index contributed by atoms with van der Waals surface area (Å²) in [5.74, 6) is 0.553. The Kier molecular flexibility index (Phi) is 3.50. The monoisotopic (exact) mass is 166 g/mol. The molecule has 0 saturated heterocycles. The average molecular weight is 166 g/mol. The van der Waals surface area contributed by atoms with Crippen LogP contribution in [-0.2, 0) is 6.54 Å². The fourth-order valence-electron chi connectivity index (χ4n) is 0.875. The molecule has 0 aliphatic rings. The highest BCUT2D eigenvalue weighted by molar-refractivity contribution is 5.29. The van der Waals surface area contributed by atoms with Crippen LogP contribution in [-0.4, -0.2) is 18.1 Å². The quantitative estimate of drug-likeness (QED) is 0.537. The predicted octanol–water partition coefficient (Wildman–Crippen LogP) is -0.288. The molecule has 5 N–H and O–H groups in total. The van der Waals surface area contributed by atoms with Crippen molar-refractivity contribution in [3.05, 3.63) is 23.9 Å². The van der Waals surface area contributed by atoms with Gasteiger partial charge in [0, 0.05) is 25.8 Å². The molecule has 0 radical (unpaired) electrons. The van der Waals surface area contributed by atoms with Crippen LogP contribution in [0.2, 0.25) is 0 Å². The maximum Gasteiger partial charge on any atom is 0.123 e. The van der Waals surface area contributed by atoms with Gasteiger partial charge in [0.25, 0.3) is 0 Å². The predicted molar refractivity (Wildman–Crippen MR) is 49.4 cm³/mol. The van der Waals surface area contributed by atoms with Crippen molar-refractivity contribution in [3.8, 4) is 0 Å². The van der Waals surface area contributed by atoms with Gasteiger partial charge in [0.05, 0.1) is 0 Å². The summed E-state index contributed by atoms with van der Waals surface area (Å²) in [4.78, 5) is 3.96. The van der Waals surface area contributed by atoms with Gasteiger partial charge in [-0.3, -0.25) is 0 Å². The highest BCUT2D eigenvalue weighted by atomic mass is 14.9. The lowest BCUT2D eigenvalue weighted by Crippen LogP contribution is -2.21. The molecular formula is C8H14N4. The lowest BCUT2D eigenvalue weighted by Gasteiger charge is -2.02. The summed E-state index contributed by atoms with van der Waals surface area (Å²) in [5, 5.41) is 3.16. The second-order valence-corrected chi connectivity index (χ2v) is 2.56. The van der Waals surface area contributed by atoms with Gasteiger partial charge in [-0.15, -0.1) is 0 Å². The van der Waals surface area contributed by atoms with Crippen LogP contribution in [0, 0.1) is 0 Å². The number of rotatable bonds is 4. The largest absolute Gasteiger partial charge is 0.384 e. The molecule has 66 valence electrons. The molecule has 0 saturated carbocycles. The molecule has 1 aromatic heterocycles. The van der Waals surface area contributed by atoms with E-state index in [1.165, 1.54) is 0 Å². The summed E-state index contributed by atoms with van der Waals surface area (Å²) in [6, 6.07) is 3.74. The van der Waals surface area contributed by atoms with Crippen LogP contribution in [0.15, 0.2) is 18.3 Å². The number of anilines is 1. The first kappa shape index (κ1) is 8.96. The third-order valence-electron chi connectivity index (χ3n) is 1.50. The SMILES string of the molecule is NCCNCc1ccc(N)nc1. The summed E-state index contributed by atoms with van der Waals surface area (Å²) in [6.07, 6.45) is 1.76. The summed E-state index contributed by atoms with van der Waals surface area (Å²) in [7, 11) is 0. The molecule has 4 heteroatoms. The average Bonchev–Trinajstić information content (AvgIpc) is 2.09. The molecule has 0 aromatic carbocycles. The van der Waals surface area contributed by atoms with Crippen LogP contribution in [0.3, 0.4) is 0 Å². The topological polar surface area (TPSA) is 77.0 Å². The van der Waals surface area contributed by atoms with Gasteiger partial charge in [-0.05, 0) is 11.6 Å². The van der Waals surface area contributed by atoms with Crippen molar-refractivity contribution in [2.45, 2.75) is 6.54 Å². The Morgan fingerprint density at radius 2 is 2.25 bits per heavy atom. The Hall–Kier alpha value is -1.13. The smallest absolute Gasteiger partial charge is 0.123 e. The number of pyridine rings is 1. The molecule has 0 fully saturated rings. The third kappa shape index (κ3) is 2.86. The maximum atomic E-state index is 5.43. The maximum absolute atomic E-state index is 5.43. The van der Waals surface area contributed by atoms with Crippen LogP contribution in [0.4, 0.5) is 5.82 Å². The van der Waals surface area contributed by atoms with Gasteiger partial charge in [-0.1, -0.05) is 6.07 Å². The molecule has 0 aliphatic heterocycles. The standard InChI is InChI=1S/C8H14N4/c9-3-4-11-5-7-1-2-8(10)12-6-7/h1-2,6,11H,3-5,9H2,(H2,10,12). The minimum absolute atomic E-state index is 0.553. The normalized spacial score (nSPS) is 10.1. The number of nitrogens with zero attached hydrogens (tertiary/aromatic N) is 1. The van der Waals surface area contributed by atoms with E-state index in [2.05, 4.69) is 10.3 Å². The van der Waals surface area contributed by atoms with Gasteiger partial charge < -0.3 is 16.8 Å². The highest BCUT2D eigenvalue weighted by Crippen LogP contribution is 1.99. The number of nitrogen functional groups attached to an aromatic ring is 1. The van der Waals surface area contributed by atoms with Crippen LogP contribution in [0.1, 0.15) is 5.56 Å². The Morgan fingerprint density at radius 3 is 2.83 bits per heavy atom. The second-order valence-electron chi connectivity index (χ2n) is 2.56. The van der Waals surface area contributed by atoms with Crippen molar-refractivity contribution in [1.82, 2.24) is 10.3 Å². The molecule has 0 bridgehead atoms. The molecule has 0 amide bonds. The van der Waals surface area contributed by atoms with Crippen molar-refractivity contribution in [3.63, 3.8) is 0 Å². The van der Waals surface area contributed by atoms with Crippen molar-refractivity contribution in [1.29, 1.82) is 0 Å². The van der Waals surface area contributed by atoms with E-state index in [0.717, 1.165) is 18.7 Å². The number of hydrogen-bond donors (Lipinski definition) is 3. The van der Waals surface area contributed by atoms with Gasteiger partial charge in [-0.2, -0.15) is 0 Å². The molecule has 0 unspecified atom stereocenters. The first-order valence-electron chi connectivity index (χ1n) is 3.94. The Morgan fingerprint density at radius 1 is 1.42 bits per heavy atom. The van der Waals surface area contributed by atoms with Crippen LogP contribution in [0.25, 0.3) is 0 Å². The zero-order valence-electron chi connectivity index (χ0n) is 6.96. The summed E-state index contributed by atoms with van der Waals surface area (Å²) >= 11 is 0. The minimum atomic E-state index is 0.553. The molecule has 0 atom stereocenters. The van der Waals surface area contributed by atoms with Crippen molar-refractivity contribution in [2.75, 3.05) is 18.8 Å². The summed E-state index contributed by atoms with van der Waals surface area (Å²) in [6.45, 7) is 2.28. The van der Waals surface area contributed by atoms with Gasteiger partial charge in [-0.25, -0.2) is 4.98 Å². The molecule has 1 rings (SSSR count). The fraction of sp³-hybridized carbons (Fsp3) is 0.375. The molecule has 12 heavy (non-hydrogen) atoms. The van der Waals surface area contributed by atoms with E-state index in [1.54, 1.807) is 12.3 Å². The molecule has 4 nitrogen and oxygen atoms in total. The first-order valence-corrected chi connectivity index (χ1v) is 3.94. The van der Waals surface area contributed by atoms with Gasteiger partial charge >= 0.3 is 0 Å². The molecular weight excluding hydrogens is 152 g/mol. The lowest BCUT2D eigenvalue weighted by atomic mass is 10.3.